The first kappa shape index (κ1) is 13.5. The fourth-order valence-electron chi connectivity index (χ4n) is 3.04. The maximum atomic E-state index is 13.3. The molecule has 0 spiro atoms. The van der Waals surface area contributed by atoms with Crippen LogP contribution < -0.4 is 5.73 Å². The minimum absolute atomic E-state index is 0.0328. The van der Waals surface area contributed by atoms with Crippen molar-refractivity contribution in [1.82, 2.24) is 9.55 Å². The maximum absolute atomic E-state index is 13.3. The van der Waals surface area contributed by atoms with Gasteiger partial charge in [-0.3, -0.25) is 0 Å². The number of alkyl halides is 2. The van der Waals surface area contributed by atoms with E-state index in [2.05, 4.69) is 4.98 Å². The average molecular weight is 279 g/mol. The molecule has 2 N–H and O–H groups in total. The standard InChI is InChI=1S/C15H19F2N3/c1-20-13-8-10(9-18)2-3-12(13)19-14(20)11-4-6-15(16,17)7-5-11/h2-3,8,11H,4-7,9,18H2,1H3. The molecule has 0 amide bonds. The summed E-state index contributed by atoms with van der Waals surface area (Å²) >= 11 is 0. The van der Waals surface area contributed by atoms with Crippen molar-refractivity contribution >= 4 is 11.0 Å². The number of aryl methyl sites for hydroxylation is 1. The van der Waals surface area contributed by atoms with E-state index in [1.807, 2.05) is 29.8 Å². The number of hydrogen-bond acceptors (Lipinski definition) is 2. The van der Waals surface area contributed by atoms with Gasteiger partial charge in [0.1, 0.15) is 5.82 Å². The Morgan fingerprint density at radius 2 is 2.05 bits per heavy atom. The predicted octanol–water partition coefficient (Wildman–Crippen LogP) is 3.32. The van der Waals surface area contributed by atoms with Crippen molar-refractivity contribution < 1.29 is 8.78 Å². The van der Waals surface area contributed by atoms with Crippen LogP contribution in [0.1, 0.15) is 43.0 Å². The Bertz CT molecular complexity index is 623. The molecule has 0 saturated heterocycles. The van der Waals surface area contributed by atoms with Gasteiger partial charge in [0.05, 0.1) is 11.0 Å². The first-order chi connectivity index (χ1) is 9.50. The highest BCUT2D eigenvalue weighted by molar-refractivity contribution is 5.77. The number of fused-ring (bicyclic) bond motifs is 1. The second-order valence-corrected chi connectivity index (χ2v) is 5.69. The van der Waals surface area contributed by atoms with Crippen LogP contribution in [0.5, 0.6) is 0 Å². The summed E-state index contributed by atoms with van der Waals surface area (Å²) in [6, 6.07) is 5.95. The van der Waals surface area contributed by atoms with Crippen molar-refractivity contribution in [1.29, 1.82) is 0 Å². The van der Waals surface area contributed by atoms with E-state index in [1.165, 1.54) is 0 Å². The van der Waals surface area contributed by atoms with Gasteiger partial charge in [-0.05, 0) is 30.5 Å². The van der Waals surface area contributed by atoms with Gasteiger partial charge in [-0.25, -0.2) is 13.8 Å². The van der Waals surface area contributed by atoms with Gasteiger partial charge in [-0.1, -0.05) is 6.07 Å². The van der Waals surface area contributed by atoms with Gasteiger partial charge in [-0.2, -0.15) is 0 Å². The summed E-state index contributed by atoms with van der Waals surface area (Å²) < 4.78 is 28.5. The van der Waals surface area contributed by atoms with E-state index < -0.39 is 5.92 Å². The van der Waals surface area contributed by atoms with E-state index >= 15 is 0 Å². The Hall–Kier alpha value is -1.49. The maximum Gasteiger partial charge on any atom is 0.248 e. The number of hydrogen-bond donors (Lipinski definition) is 1. The lowest BCUT2D eigenvalue weighted by atomic mass is 9.86. The second-order valence-electron chi connectivity index (χ2n) is 5.69. The number of rotatable bonds is 2. The van der Waals surface area contributed by atoms with Crippen LogP contribution in [0.15, 0.2) is 18.2 Å². The Labute approximate surface area is 116 Å². The molecule has 3 nitrogen and oxygen atoms in total. The number of benzene rings is 1. The van der Waals surface area contributed by atoms with Crippen LogP contribution in [0.25, 0.3) is 11.0 Å². The minimum atomic E-state index is -2.49. The lowest BCUT2D eigenvalue weighted by molar-refractivity contribution is -0.0389. The molecule has 0 bridgehead atoms. The number of halogens is 2. The molecule has 1 fully saturated rings. The largest absolute Gasteiger partial charge is 0.331 e. The molecule has 20 heavy (non-hydrogen) atoms. The van der Waals surface area contributed by atoms with E-state index in [1.54, 1.807) is 0 Å². The van der Waals surface area contributed by atoms with Crippen LogP contribution >= 0.6 is 0 Å². The lowest BCUT2D eigenvalue weighted by Crippen LogP contribution is -2.24. The highest BCUT2D eigenvalue weighted by Gasteiger charge is 2.36. The van der Waals surface area contributed by atoms with Gasteiger partial charge in [0.2, 0.25) is 5.92 Å². The molecule has 1 aromatic heterocycles. The lowest BCUT2D eigenvalue weighted by Gasteiger charge is -2.27. The smallest absolute Gasteiger partial charge is 0.248 e. The molecule has 1 aliphatic rings. The third-order valence-electron chi connectivity index (χ3n) is 4.30. The molecule has 0 unspecified atom stereocenters. The molecule has 108 valence electrons. The zero-order valence-electron chi connectivity index (χ0n) is 11.6. The molecule has 5 heteroatoms. The molecule has 0 atom stereocenters. The Morgan fingerprint density at radius 3 is 2.70 bits per heavy atom. The van der Waals surface area contributed by atoms with E-state index in [0.29, 0.717) is 19.4 Å². The van der Waals surface area contributed by atoms with Gasteiger partial charge < -0.3 is 10.3 Å². The third-order valence-corrected chi connectivity index (χ3v) is 4.30. The monoisotopic (exact) mass is 279 g/mol. The van der Waals surface area contributed by atoms with Gasteiger partial charge in [0.15, 0.2) is 0 Å². The van der Waals surface area contributed by atoms with Crippen molar-refractivity contribution in [2.24, 2.45) is 12.8 Å². The van der Waals surface area contributed by atoms with Gasteiger partial charge in [0.25, 0.3) is 0 Å². The molecular weight excluding hydrogens is 260 g/mol. The SMILES string of the molecule is Cn1c(C2CCC(F)(F)CC2)nc2ccc(CN)cc21. The Kier molecular flexibility index (Phi) is 3.24. The van der Waals surface area contributed by atoms with Crippen LogP contribution in [0.2, 0.25) is 0 Å². The molecule has 2 aromatic rings. The summed E-state index contributed by atoms with van der Waals surface area (Å²) in [6.07, 6.45) is 0.950. The molecule has 1 aliphatic carbocycles. The van der Waals surface area contributed by atoms with Crippen molar-refractivity contribution in [3.05, 3.63) is 29.6 Å². The summed E-state index contributed by atoms with van der Waals surface area (Å²) in [5.74, 6) is -1.44. The summed E-state index contributed by atoms with van der Waals surface area (Å²) in [4.78, 5) is 4.64. The fourth-order valence-corrected chi connectivity index (χ4v) is 3.04. The minimum Gasteiger partial charge on any atom is -0.331 e. The van der Waals surface area contributed by atoms with Crippen LogP contribution in [0.4, 0.5) is 8.78 Å². The fraction of sp³-hybridized carbons (Fsp3) is 0.533. The van der Waals surface area contributed by atoms with Gasteiger partial charge in [-0.15, -0.1) is 0 Å². The molecule has 0 aliphatic heterocycles. The van der Waals surface area contributed by atoms with Crippen LogP contribution in [-0.2, 0) is 13.6 Å². The van der Waals surface area contributed by atoms with E-state index in [4.69, 9.17) is 5.73 Å². The van der Waals surface area contributed by atoms with E-state index in [9.17, 15) is 8.78 Å². The first-order valence-corrected chi connectivity index (χ1v) is 7.03. The molecule has 3 rings (SSSR count). The highest BCUT2D eigenvalue weighted by Crippen LogP contribution is 2.41. The van der Waals surface area contributed by atoms with Gasteiger partial charge >= 0.3 is 0 Å². The number of nitrogens with zero attached hydrogens (tertiary/aromatic N) is 2. The normalized spacial score (nSPS) is 19.6. The highest BCUT2D eigenvalue weighted by atomic mass is 19.3. The summed E-state index contributed by atoms with van der Waals surface area (Å²) in [7, 11) is 1.96. The van der Waals surface area contributed by atoms with E-state index in [0.717, 1.165) is 22.4 Å². The summed E-state index contributed by atoms with van der Waals surface area (Å²) in [6.45, 7) is 0.492. The molecule has 1 aromatic carbocycles. The van der Waals surface area contributed by atoms with Crippen molar-refractivity contribution in [2.75, 3.05) is 0 Å². The quantitative estimate of drug-likeness (QED) is 0.916. The van der Waals surface area contributed by atoms with Crippen LogP contribution in [-0.4, -0.2) is 15.5 Å². The van der Waals surface area contributed by atoms with E-state index in [-0.39, 0.29) is 18.8 Å². The number of imidazole rings is 1. The topological polar surface area (TPSA) is 43.8 Å². The number of nitrogens with two attached hydrogens (primary N) is 1. The summed E-state index contributed by atoms with van der Waals surface area (Å²) in [5.41, 5.74) is 8.66. The first-order valence-electron chi connectivity index (χ1n) is 7.03. The molecule has 1 heterocycles. The average Bonchev–Trinajstić information content (AvgIpc) is 2.76. The van der Waals surface area contributed by atoms with Crippen molar-refractivity contribution in [3.8, 4) is 0 Å². The molecule has 1 saturated carbocycles. The molecular formula is C15H19F2N3. The van der Waals surface area contributed by atoms with Crippen molar-refractivity contribution in [3.63, 3.8) is 0 Å². The zero-order chi connectivity index (χ0) is 14.3. The number of aromatic nitrogens is 2. The third kappa shape index (κ3) is 2.30. The zero-order valence-corrected chi connectivity index (χ0v) is 11.6. The van der Waals surface area contributed by atoms with Crippen molar-refractivity contribution in [2.45, 2.75) is 44.1 Å². The predicted molar refractivity (Wildman–Crippen MR) is 74.8 cm³/mol. The van der Waals surface area contributed by atoms with Crippen LogP contribution in [0, 0.1) is 0 Å². The molecule has 0 radical (unpaired) electrons. The second kappa shape index (κ2) is 4.81. The Morgan fingerprint density at radius 1 is 1.35 bits per heavy atom. The summed E-state index contributed by atoms with van der Waals surface area (Å²) in [5, 5.41) is 0. The van der Waals surface area contributed by atoms with Crippen LogP contribution in [0.3, 0.4) is 0 Å². The van der Waals surface area contributed by atoms with Gasteiger partial charge in [0, 0.05) is 32.4 Å². The Balaban J connectivity index is 1.94.